The molecule has 88 valence electrons. The first-order valence-corrected chi connectivity index (χ1v) is 6.27. The van der Waals surface area contributed by atoms with Crippen molar-refractivity contribution >= 4 is 6.08 Å². The highest BCUT2D eigenvalue weighted by Crippen LogP contribution is 2.19. The Morgan fingerprint density at radius 3 is 2.59 bits per heavy atom. The average molecular weight is 225 g/mol. The molecule has 1 aliphatic rings. The van der Waals surface area contributed by atoms with E-state index in [-0.39, 0.29) is 0 Å². The Bertz CT molecular complexity index is 391. The van der Waals surface area contributed by atoms with Gasteiger partial charge in [0.05, 0.1) is 6.54 Å². The van der Waals surface area contributed by atoms with Crippen LogP contribution in [0.5, 0.6) is 0 Å². The van der Waals surface area contributed by atoms with Gasteiger partial charge < -0.3 is 0 Å². The Morgan fingerprint density at radius 1 is 1.24 bits per heavy atom. The minimum absolute atomic E-state index is 0.712. The van der Waals surface area contributed by atoms with E-state index in [9.17, 15) is 0 Å². The van der Waals surface area contributed by atoms with E-state index in [1.54, 1.807) is 0 Å². The zero-order chi connectivity index (χ0) is 11.9. The van der Waals surface area contributed by atoms with Crippen LogP contribution in [-0.4, -0.2) is 24.5 Å². The molecular weight excluding hydrogens is 206 g/mol. The molecule has 2 rings (SSSR count). The van der Waals surface area contributed by atoms with Crippen LogP contribution < -0.4 is 0 Å². The van der Waals surface area contributed by atoms with Crippen molar-refractivity contribution in [3.63, 3.8) is 0 Å². The maximum absolute atomic E-state index is 5.32. The lowest BCUT2D eigenvalue weighted by molar-refractivity contribution is 0.226. The fraction of sp³-hybridized carbons (Fsp3) is 0.375. The van der Waals surface area contributed by atoms with Crippen LogP contribution in [0.1, 0.15) is 18.4 Å². The molecule has 0 amide bonds. The van der Waals surface area contributed by atoms with E-state index in [1.807, 2.05) is 0 Å². The van der Waals surface area contributed by atoms with Crippen LogP contribution in [0.4, 0.5) is 0 Å². The molecule has 0 spiro atoms. The number of nitrogens with zero attached hydrogens (tertiary/aromatic N) is 1. The summed E-state index contributed by atoms with van der Waals surface area (Å²) in [5.41, 5.74) is 1.29. The Balaban J connectivity index is 1.82. The van der Waals surface area contributed by atoms with Crippen LogP contribution in [0.25, 0.3) is 6.08 Å². The van der Waals surface area contributed by atoms with E-state index in [0.29, 0.717) is 5.92 Å². The van der Waals surface area contributed by atoms with Gasteiger partial charge in [-0.2, -0.15) is 0 Å². The minimum Gasteiger partial charge on any atom is -0.292 e. The summed E-state index contributed by atoms with van der Waals surface area (Å²) >= 11 is 0. The van der Waals surface area contributed by atoms with Crippen LogP contribution in [-0.2, 0) is 0 Å². The molecule has 1 nitrogen and oxygen atoms in total. The second kappa shape index (κ2) is 6.27. The summed E-state index contributed by atoms with van der Waals surface area (Å²) in [5.74, 6) is 3.43. The number of hydrogen-bond acceptors (Lipinski definition) is 1. The second-order valence-electron chi connectivity index (χ2n) is 4.59. The molecule has 0 N–H and O–H groups in total. The summed E-state index contributed by atoms with van der Waals surface area (Å²) in [7, 11) is 0. The third-order valence-corrected chi connectivity index (χ3v) is 3.31. The third-order valence-electron chi connectivity index (χ3n) is 3.31. The zero-order valence-corrected chi connectivity index (χ0v) is 10.2. The van der Waals surface area contributed by atoms with E-state index < -0.39 is 0 Å². The molecule has 1 aromatic carbocycles. The monoisotopic (exact) mass is 225 g/mol. The molecule has 1 heterocycles. The molecule has 17 heavy (non-hydrogen) atoms. The molecule has 0 aromatic heterocycles. The minimum atomic E-state index is 0.712. The van der Waals surface area contributed by atoms with Crippen molar-refractivity contribution in [3.8, 4) is 12.3 Å². The molecule has 1 fully saturated rings. The number of rotatable bonds is 3. The Morgan fingerprint density at radius 2 is 1.94 bits per heavy atom. The van der Waals surface area contributed by atoms with Crippen molar-refractivity contribution in [2.75, 3.05) is 19.6 Å². The molecule has 0 radical (unpaired) electrons. The quantitative estimate of drug-likeness (QED) is 0.715. The van der Waals surface area contributed by atoms with Crippen molar-refractivity contribution in [1.82, 2.24) is 4.90 Å². The van der Waals surface area contributed by atoms with E-state index >= 15 is 0 Å². The van der Waals surface area contributed by atoms with Gasteiger partial charge in [0.15, 0.2) is 0 Å². The highest BCUT2D eigenvalue weighted by molar-refractivity contribution is 5.48. The predicted octanol–water partition coefficient (Wildman–Crippen LogP) is 3.05. The Labute approximate surface area is 104 Å². The number of piperidine rings is 1. The van der Waals surface area contributed by atoms with Gasteiger partial charge in [0, 0.05) is 0 Å². The summed E-state index contributed by atoms with van der Waals surface area (Å²) in [6.07, 6.45) is 12.4. The first-order valence-electron chi connectivity index (χ1n) is 6.27. The standard InChI is InChI=1S/C16H19N/c1-2-12-17-13-10-16(11-14-17)9-8-15-6-4-3-5-7-15/h1,3-9,16H,10-14H2/b9-8+. The maximum Gasteiger partial charge on any atom is 0.0598 e. The van der Waals surface area contributed by atoms with Gasteiger partial charge in [0.1, 0.15) is 0 Å². The second-order valence-corrected chi connectivity index (χ2v) is 4.59. The highest BCUT2D eigenvalue weighted by atomic mass is 15.1. The summed E-state index contributed by atoms with van der Waals surface area (Å²) < 4.78 is 0. The van der Waals surface area contributed by atoms with Gasteiger partial charge >= 0.3 is 0 Å². The fourth-order valence-electron chi connectivity index (χ4n) is 2.24. The van der Waals surface area contributed by atoms with Gasteiger partial charge in [-0.05, 0) is 37.4 Å². The van der Waals surface area contributed by atoms with Gasteiger partial charge in [0.2, 0.25) is 0 Å². The summed E-state index contributed by atoms with van der Waals surface area (Å²) in [6.45, 7) is 3.07. The normalized spacial score (nSPS) is 18.3. The van der Waals surface area contributed by atoms with Crippen molar-refractivity contribution in [3.05, 3.63) is 42.0 Å². The lowest BCUT2D eigenvalue weighted by atomic mass is 9.95. The highest BCUT2D eigenvalue weighted by Gasteiger charge is 2.15. The molecule has 0 atom stereocenters. The van der Waals surface area contributed by atoms with Crippen molar-refractivity contribution < 1.29 is 0 Å². The molecule has 0 bridgehead atoms. The number of likely N-dealkylation sites (tertiary alicyclic amines) is 1. The third kappa shape index (κ3) is 3.76. The number of hydrogen-bond donors (Lipinski definition) is 0. The first kappa shape index (κ1) is 12.0. The van der Waals surface area contributed by atoms with Gasteiger partial charge in [-0.3, -0.25) is 4.90 Å². The Kier molecular flexibility index (Phi) is 4.41. The first-order chi connectivity index (χ1) is 8.38. The fourth-order valence-corrected chi connectivity index (χ4v) is 2.24. The molecule has 1 aliphatic heterocycles. The van der Waals surface area contributed by atoms with Crippen LogP contribution in [0.15, 0.2) is 36.4 Å². The van der Waals surface area contributed by atoms with E-state index in [2.05, 4.69) is 53.3 Å². The molecule has 0 saturated carbocycles. The van der Waals surface area contributed by atoms with Crippen LogP contribution in [0.2, 0.25) is 0 Å². The van der Waals surface area contributed by atoms with E-state index in [1.165, 1.54) is 18.4 Å². The summed E-state index contributed by atoms with van der Waals surface area (Å²) in [5, 5.41) is 0. The van der Waals surface area contributed by atoms with E-state index in [0.717, 1.165) is 19.6 Å². The Hall–Kier alpha value is -1.52. The maximum atomic E-state index is 5.32. The predicted molar refractivity (Wildman–Crippen MR) is 73.5 cm³/mol. The lowest BCUT2D eigenvalue weighted by Crippen LogP contribution is -2.33. The SMILES string of the molecule is C#CCN1CCC(/C=C/c2ccccc2)CC1. The number of allylic oxidation sites excluding steroid dienone is 1. The van der Waals surface area contributed by atoms with Gasteiger partial charge in [-0.1, -0.05) is 48.4 Å². The van der Waals surface area contributed by atoms with Gasteiger partial charge in [0.25, 0.3) is 0 Å². The zero-order valence-electron chi connectivity index (χ0n) is 10.2. The van der Waals surface area contributed by atoms with Crippen LogP contribution in [0.3, 0.4) is 0 Å². The lowest BCUT2D eigenvalue weighted by Gasteiger charge is -2.28. The van der Waals surface area contributed by atoms with Crippen LogP contribution >= 0.6 is 0 Å². The van der Waals surface area contributed by atoms with Gasteiger partial charge in [-0.25, -0.2) is 0 Å². The summed E-state index contributed by atoms with van der Waals surface area (Å²) in [4.78, 5) is 2.35. The van der Waals surface area contributed by atoms with Crippen LogP contribution in [0, 0.1) is 18.3 Å². The molecule has 1 heteroatoms. The van der Waals surface area contributed by atoms with Crippen molar-refractivity contribution in [1.29, 1.82) is 0 Å². The molecular formula is C16H19N. The molecule has 0 unspecified atom stereocenters. The van der Waals surface area contributed by atoms with Gasteiger partial charge in [-0.15, -0.1) is 6.42 Å². The molecule has 0 aliphatic carbocycles. The number of terminal acetylenes is 1. The number of benzene rings is 1. The molecule has 1 aromatic rings. The average Bonchev–Trinajstić information content (AvgIpc) is 2.40. The van der Waals surface area contributed by atoms with E-state index in [4.69, 9.17) is 6.42 Å². The van der Waals surface area contributed by atoms with Crippen molar-refractivity contribution in [2.45, 2.75) is 12.8 Å². The summed E-state index contributed by atoms with van der Waals surface area (Å²) in [6, 6.07) is 10.5. The van der Waals surface area contributed by atoms with Crippen molar-refractivity contribution in [2.24, 2.45) is 5.92 Å². The largest absolute Gasteiger partial charge is 0.292 e. The molecule has 1 saturated heterocycles. The smallest absolute Gasteiger partial charge is 0.0598 e. The topological polar surface area (TPSA) is 3.24 Å².